The zero-order chi connectivity index (χ0) is 25.2. The summed E-state index contributed by atoms with van der Waals surface area (Å²) in [6, 6.07) is 23.4. The summed E-state index contributed by atoms with van der Waals surface area (Å²) in [7, 11) is 0. The SMILES string of the molecule is C=CCc1ccccc1OCCCCn1c(CCCNC(=O)c2cccc(Cl)c2)nc2ccccc21. The molecule has 1 heterocycles. The van der Waals surface area contributed by atoms with Gasteiger partial charge in [0, 0.05) is 30.1 Å². The van der Waals surface area contributed by atoms with Gasteiger partial charge in [-0.25, -0.2) is 4.98 Å². The highest BCUT2D eigenvalue weighted by Gasteiger charge is 2.11. The number of unbranched alkanes of at least 4 members (excludes halogenated alkanes) is 1. The molecule has 36 heavy (non-hydrogen) atoms. The first kappa shape index (κ1) is 25.5. The van der Waals surface area contributed by atoms with Crippen molar-refractivity contribution in [3.63, 3.8) is 0 Å². The molecule has 6 heteroatoms. The quantitative estimate of drug-likeness (QED) is 0.165. The third-order valence-electron chi connectivity index (χ3n) is 6.05. The number of imidazole rings is 1. The summed E-state index contributed by atoms with van der Waals surface area (Å²) in [5.41, 5.74) is 3.89. The number of para-hydroxylation sites is 3. The maximum Gasteiger partial charge on any atom is 0.251 e. The lowest BCUT2D eigenvalue weighted by atomic mass is 10.1. The Hall–Kier alpha value is -3.57. The minimum Gasteiger partial charge on any atom is -0.493 e. The number of amides is 1. The third kappa shape index (κ3) is 6.76. The molecule has 3 aromatic carbocycles. The number of carbonyl (C=O) groups excluding carboxylic acids is 1. The number of aromatic nitrogens is 2. The van der Waals surface area contributed by atoms with Crippen LogP contribution in [0.4, 0.5) is 0 Å². The molecule has 0 unspecified atom stereocenters. The van der Waals surface area contributed by atoms with Crippen LogP contribution in [0.3, 0.4) is 0 Å². The number of carbonyl (C=O) groups is 1. The lowest BCUT2D eigenvalue weighted by molar-refractivity contribution is 0.0953. The number of ether oxygens (including phenoxy) is 1. The number of hydrogen-bond donors (Lipinski definition) is 1. The number of rotatable bonds is 13. The van der Waals surface area contributed by atoms with Gasteiger partial charge in [0.25, 0.3) is 5.91 Å². The highest BCUT2D eigenvalue weighted by molar-refractivity contribution is 6.30. The topological polar surface area (TPSA) is 56.1 Å². The minimum absolute atomic E-state index is 0.110. The van der Waals surface area contributed by atoms with Crippen LogP contribution in [-0.4, -0.2) is 28.6 Å². The molecule has 0 aliphatic heterocycles. The van der Waals surface area contributed by atoms with Crippen LogP contribution in [0, 0.1) is 0 Å². The van der Waals surface area contributed by atoms with E-state index in [2.05, 4.69) is 40.7 Å². The van der Waals surface area contributed by atoms with Crippen molar-refractivity contribution in [3.8, 4) is 5.75 Å². The molecule has 5 nitrogen and oxygen atoms in total. The molecule has 0 atom stereocenters. The molecule has 0 spiro atoms. The van der Waals surface area contributed by atoms with E-state index >= 15 is 0 Å². The van der Waals surface area contributed by atoms with Gasteiger partial charge in [0.05, 0.1) is 17.6 Å². The van der Waals surface area contributed by atoms with Crippen molar-refractivity contribution >= 4 is 28.5 Å². The molecule has 1 N–H and O–H groups in total. The van der Waals surface area contributed by atoms with Gasteiger partial charge in [-0.3, -0.25) is 4.79 Å². The van der Waals surface area contributed by atoms with Crippen molar-refractivity contribution in [2.24, 2.45) is 0 Å². The second kappa shape index (κ2) is 12.9. The number of halogens is 1. The Labute approximate surface area is 217 Å². The summed E-state index contributed by atoms with van der Waals surface area (Å²) >= 11 is 6.00. The monoisotopic (exact) mass is 501 g/mol. The van der Waals surface area contributed by atoms with Gasteiger partial charge in [0.2, 0.25) is 0 Å². The van der Waals surface area contributed by atoms with E-state index in [0.717, 1.165) is 66.8 Å². The van der Waals surface area contributed by atoms with Crippen molar-refractivity contribution in [1.82, 2.24) is 14.9 Å². The van der Waals surface area contributed by atoms with Gasteiger partial charge in [-0.05, 0) is 67.6 Å². The Kier molecular flexibility index (Phi) is 9.17. The number of aryl methyl sites for hydroxylation is 2. The van der Waals surface area contributed by atoms with Crippen molar-refractivity contribution in [3.05, 3.63) is 107 Å². The second-order valence-electron chi connectivity index (χ2n) is 8.69. The van der Waals surface area contributed by atoms with E-state index in [1.165, 1.54) is 0 Å². The molecular formula is C30H32ClN3O2. The van der Waals surface area contributed by atoms with E-state index in [0.29, 0.717) is 23.7 Å². The molecule has 0 aliphatic carbocycles. The van der Waals surface area contributed by atoms with E-state index in [9.17, 15) is 4.79 Å². The van der Waals surface area contributed by atoms with Crippen LogP contribution in [0.25, 0.3) is 11.0 Å². The summed E-state index contributed by atoms with van der Waals surface area (Å²) in [6.45, 7) is 5.96. The van der Waals surface area contributed by atoms with Crippen LogP contribution < -0.4 is 10.1 Å². The van der Waals surface area contributed by atoms with Gasteiger partial charge in [0.1, 0.15) is 11.6 Å². The highest BCUT2D eigenvalue weighted by atomic mass is 35.5. The molecule has 186 valence electrons. The average Bonchev–Trinajstić information content (AvgIpc) is 3.24. The van der Waals surface area contributed by atoms with Gasteiger partial charge in [-0.15, -0.1) is 6.58 Å². The Morgan fingerprint density at radius 2 is 1.86 bits per heavy atom. The van der Waals surface area contributed by atoms with Crippen molar-refractivity contribution in [1.29, 1.82) is 0 Å². The Balaban J connectivity index is 1.30. The van der Waals surface area contributed by atoms with Gasteiger partial charge >= 0.3 is 0 Å². The lowest BCUT2D eigenvalue weighted by Crippen LogP contribution is -2.25. The van der Waals surface area contributed by atoms with Crippen molar-refractivity contribution in [2.75, 3.05) is 13.2 Å². The smallest absolute Gasteiger partial charge is 0.251 e. The molecule has 1 amide bonds. The number of fused-ring (bicyclic) bond motifs is 1. The maximum absolute atomic E-state index is 12.4. The van der Waals surface area contributed by atoms with E-state index in [1.54, 1.807) is 24.3 Å². The number of nitrogens with one attached hydrogen (secondary N) is 1. The lowest BCUT2D eigenvalue weighted by Gasteiger charge is -2.12. The minimum atomic E-state index is -0.110. The van der Waals surface area contributed by atoms with Crippen LogP contribution in [0.5, 0.6) is 5.75 Å². The van der Waals surface area contributed by atoms with Crippen LogP contribution >= 0.6 is 11.6 Å². The van der Waals surface area contributed by atoms with Gasteiger partial charge in [0.15, 0.2) is 0 Å². The molecule has 4 rings (SSSR count). The standard InChI is InChI=1S/C30H32ClN3O2/c1-2-11-23-12-3-6-17-28(23)36-21-8-7-20-34-27-16-5-4-15-26(27)33-29(34)18-10-19-32-30(35)24-13-9-14-25(31)22-24/h2-6,9,12-17,22H,1,7-8,10-11,18-21H2,(H,32,35). The maximum atomic E-state index is 12.4. The Morgan fingerprint density at radius 3 is 2.72 bits per heavy atom. The van der Waals surface area contributed by atoms with Gasteiger partial charge in [-0.1, -0.05) is 54.1 Å². The van der Waals surface area contributed by atoms with Crippen LogP contribution in [0.15, 0.2) is 85.5 Å². The van der Waals surface area contributed by atoms with Gasteiger partial charge < -0.3 is 14.6 Å². The second-order valence-corrected chi connectivity index (χ2v) is 9.13. The number of allylic oxidation sites excluding steroid dienone is 1. The zero-order valence-corrected chi connectivity index (χ0v) is 21.2. The fourth-order valence-corrected chi connectivity index (χ4v) is 4.46. The third-order valence-corrected chi connectivity index (χ3v) is 6.29. The fourth-order valence-electron chi connectivity index (χ4n) is 4.27. The first-order valence-electron chi connectivity index (χ1n) is 12.4. The van der Waals surface area contributed by atoms with E-state index in [1.807, 2.05) is 30.3 Å². The zero-order valence-electron chi connectivity index (χ0n) is 20.5. The number of benzene rings is 3. The van der Waals surface area contributed by atoms with E-state index < -0.39 is 0 Å². The van der Waals surface area contributed by atoms with Crippen molar-refractivity contribution in [2.45, 2.75) is 38.6 Å². The Bertz CT molecular complexity index is 1310. The Morgan fingerprint density at radius 1 is 1.03 bits per heavy atom. The summed E-state index contributed by atoms with van der Waals surface area (Å²) < 4.78 is 8.36. The number of nitrogens with zero attached hydrogens (tertiary/aromatic N) is 2. The highest BCUT2D eigenvalue weighted by Crippen LogP contribution is 2.20. The van der Waals surface area contributed by atoms with Crippen molar-refractivity contribution < 1.29 is 9.53 Å². The van der Waals surface area contributed by atoms with Crippen LogP contribution in [0.2, 0.25) is 5.02 Å². The van der Waals surface area contributed by atoms with E-state index in [-0.39, 0.29) is 5.91 Å². The summed E-state index contributed by atoms with van der Waals surface area (Å²) in [5, 5.41) is 3.54. The molecule has 0 saturated heterocycles. The summed E-state index contributed by atoms with van der Waals surface area (Å²) in [5.74, 6) is 1.87. The number of hydrogen-bond acceptors (Lipinski definition) is 3. The largest absolute Gasteiger partial charge is 0.493 e. The van der Waals surface area contributed by atoms with Crippen LogP contribution in [0.1, 0.15) is 41.0 Å². The van der Waals surface area contributed by atoms with Gasteiger partial charge in [-0.2, -0.15) is 0 Å². The molecular weight excluding hydrogens is 470 g/mol. The first-order valence-corrected chi connectivity index (χ1v) is 12.8. The normalized spacial score (nSPS) is 10.9. The predicted octanol–water partition coefficient (Wildman–Crippen LogP) is 6.64. The summed E-state index contributed by atoms with van der Waals surface area (Å²) in [6.07, 6.45) is 6.23. The first-order chi connectivity index (χ1) is 17.7. The summed E-state index contributed by atoms with van der Waals surface area (Å²) in [4.78, 5) is 17.2. The van der Waals surface area contributed by atoms with E-state index in [4.69, 9.17) is 21.3 Å². The molecule has 0 aliphatic rings. The molecule has 0 radical (unpaired) electrons. The molecule has 4 aromatic rings. The van der Waals surface area contributed by atoms with Crippen LogP contribution in [-0.2, 0) is 19.4 Å². The molecule has 0 fully saturated rings. The molecule has 0 bridgehead atoms. The molecule has 1 aromatic heterocycles. The predicted molar refractivity (Wildman–Crippen MR) is 147 cm³/mol. The average molecular weight is 502 g/mol. The fraction of sp³-hybridized carbons (Fsp3) is 0.267. The molecule has 0 saturated carbocycles.